The van der Waals surface area contributed by atoms with Crippen LogP contribution in [0, 0.1) is 0 Å². The van der Waals surface area contributed by atoms with Crippen molar-refractivity contribution >= 4 is 11.8 Å². The molecule has 6 nitrogen and oxygen atoms in total. The zero-order valence-electron chi connectivity index (χ0n) is 14.4. The van der Waals surface area contributed by atoms with Gasteiger partial charge in [-0.2, -0.15) is 0 Å². The first-order valence-electron chi connectivity index (χ1n) is 8.51. The maximum atomic E-state index is 12.7. The molecule has 1 fully saturated rings. The number of rotatable bonds is 4. The summed E-state index contributed by atoms with van der Waals surface area (Å²) in [4.78, 5) is 31.9. The van der Waals surface area contributed by atoms with Crippen LogP contribution in [-0.4, -0.2) is 59.9 Å². The van der Waals surface area contributed by atoms with Gasteiger partial charge in [-0.05, 0) is 36.8 Å². The molecule has 0 aliphatic carbocycles. The van der Waals surface area contributed by atoms with Gasteiger partial charge in [0.25, 0.3) is 5.91 Å². The van der Waals surface area contributed by atoms with Crippen LogP contribution in [0.3, 0.4) is 0 Å². The van der Waals surface area contributed by atoms with Gasteiger partial charge in [0.2, 0.25) is 5.91 Å². The second-order valence-corrected chi connectivity index (χ2v) is 6.13. The van der Waals surface area contributed by atoms with Gasteiger partial charge in [-0.15, -0.1) is 0 Å². The van der Waals surface area contributed by atoms with Crippen LogP contribution in [0.25, 0.3) is 0 Å². The van der Waals surface area contributed by atoms with E-state index in [1.807, 2.05) is 40.3 Å². The van der Waals surface area contributed by atoms with Gasteiger partial charge in [0.15, 0.2) is 0 Å². The summed E-state index contributed by atoms with van der Waals surface area (Å²) in [6.45, 7) is 2.45. The summed E-state index contributed by atoms with van der Waals surface area (Å²) in [5.74, 6) is 0.749. The molecule has 3 rings (SSSR count). The van der Waals surface area contributed by atoms with Crippen molar-refractivity contribution in [1.29, 1.82) is 0 Å². The number of H-pyrrole nitrogens is 1. The van der Waals surface area contributed by atoms with Crippen LogP contribution in [0.4, 0.5) is 0 Å². The van der Waals surface area contributed by atoms with Gasteiger partial charge in [0.1, 0.15) is 5.75 Å². The molecule has 1 saturated heterocycles. The molecule has 0 bridgehead atoms. The Hall–Kier alpha value is -2.76. The molecule has 2 aromatic rings. The van der Waals surface area contributed by atoms with E-state index in [1.165, 1.54) is 0 Å². The monoisotopic (exact) mass is 341 g/mol. The van der Waals surface area contributed by atoms with Crippen LogP contribution in [-0.2, 0) is 11.2 Å². The summed E-state index contributed by atoms with van der Waals surface area (Å²) < 4.78 is 5.19. The molecule has 6 heteroatoms. The Bertz CT molecular complexity index is 727. The zero-order valence-corrected chi connectivity index (χ0v) is 14.4. The molecule has 1 N–H and O–H groups in total. The first kappa shape index (κ1) is 17.1. The van der Waals surface area contributed by atoms with Crippen molar-refractivity contribution < 1.29 is 14.3 Å². The molecule has 132 valence electrons. The summed E-state index contributed by atoms with van der Waals surface area (Å²) in [6, 6.07) is 11.0. The number of benzene rings is 1. The number of carbonyl (C=O) groups is 2. The highest BCUT2D eigenvalue weighted by atomic mass is 16.5. The molecule has 0 spiro atoms. The van der Waals surface area contributed by atoms with Crippen molar-refractivity contribution in [2.24, 2.45) is 0 Å². The number of ether oxygens (including phenoxy) is 1. The highest BCUT2D eigenvalue weighted by Crippen LogP contribution is 2.16. The fourth-order valence-corrected chi connectivity index (χ4v) is 3.06. The molecule has 0 radical (unpaired) electrons. The Labute approximate surface area is 147 Å². The third kappa shape index (κ3) is 4.21. The predicted octanol–water partition coefficient (Wildman–Crippen LogP) is 1.94. The first-order valence-corrected chi connectivity index (χ1v) is 8.51. The van der Waals surface area contributed by atoms with Gasteiger partial charge >= 0.3 is 0 Å². The van der Waals surface area contributed by atoms with Gasteiger partial charge in [-0.3, -0.25) is 9.59 Å². The number of hydrogen-bond acceptors (Lipinski definition) is 3. The van der Waals surface area contributed by atoms with Crippen molar-refractivity contribution in [3.8, 4) is 5.75 Å². The number of carbonyl (C=O) groups excluding carboxylic acids is 2. The summed E-state index contributed by atoms with van der Waals surface area (Å²) in [5, 5.41) is 0. The Morgan fingerprint density at radius 1 is 1.08 bits per heavy atom. The van der Waals surface area contributed by atoms with E-state index >= 15 is 0 Å². The number of nitrogens with zero attached hydrogens (tertiary/aromatic N) is 2. The lowest BCUT2D eigenvalue weighted by molar-refractivity contribution is -0.130. The molecule has 25 heavy (non-hydrogen) atoms. The molecule has 1 aliphatic heterocycles. The molecular formula is C19H23N3O3. The third-order valence-electron chi connectivity index (χ3n) is 4.46. The quantitative estimate of drug-likeness (QED) is 0.924. The van der Waals surface area contributed by atoms with E-state index in [9.17, 15) is 9.59 Å². The highest BCUT2D eigenvalue weighted by Gasteiger charge is 2.23. The maximum Gasteiger partial charge on any atom is 0.254 e. The van der Waals surface area contributed by atoms with Crippen LogP contribution in [0.1, 0.15) is 22.5 Å². The zero-order chi connectivity index (χ0) is 17.6. The Morgan fingerprint density at radius 2 is 1.88 bits per heavy atom. The van der Waals surface area contributed by atoms with Crippen LogP contribution in [0.5, 0.6) is 5.75 Å². The SMILES string of the molecule is COc1cccc(C(=O)N2CCCN(C(=O)Cc3ccc[nH]3)CC2)c1. The molecule has 0 unspecified atom stereocenters. The molecule has 2 amide bonds. The van der Waals surface area contributed by atoms with Gasteiger partial charge in [0.05, 0.1) is 13.5 Å². The number of methoxy groups -OCH3 is 1. The van der Waals surface area contributed by atoms with Crippen molar-refractivity contribution in [2.45, 2.75) is 12.8 Å². The summed E-state index contributed by atoms with van der Waals surface area (Å²) in [6.07, 6.45) is 2.97. The summed E-state index contributed by atoms with van der Waals surface area (Å²) in [7, 11) is 1.59. The van der Waals surface area contributed by atoms with E-state index < -0.39 is 0 Å². The summed E-state index contributed by atoms with van der Waals surface area (Å²) >= 11 is 0. The minimum Gasteiger partial charge on any atom is -0.497 e. The average molecular weight is 341 g/mol. The lowest BCUT2D eigenvalue weighted by atomic mass is 10.2. The van der Waals surface area contributed by atoms with Crippen molar-refractivity contribution in [3.05, 3.63) is 53.9 Å². The molecule has 1 aromatic carbocycles. The smallest absolute Gasteiger partial charge is 0.254 e. The number of aromatic nitrogens is 1. The highest BCUT2D eigenvalue weighted by molar-refractivity contribution is 5.94. The second-order valence-electron chi connectivity index (χ2n) is 6.13. The number of nitrogens with one attached hydrogen (secondary N) is 1. The van der Waals surface area contributed by atoms with E-state index in [4.69, 9.17) is 4.74 Å². The van der Waals surface area contributed by atoms with Crippen LogP contribution >= 0.6 is 0 Å². The standard InChI is InChI=1S/C19H23N3O3/c1-25-17-7-2-5-15(13-17)19(24)22-10-4-9-21(11-12-22)18(23)14-16-6-3-8-20-16/h2-3,5-8,13,20H,4,9-12,14H2,1H3. The number of aromatic amines is 1. The third-order valence-corrected chi connectivity index (χ3v) is 4.46. The van der Waals surface area contributed by atoms with E-state index in [1.54, 1.807) is 19.2 Å². The Kier molecular flexibility index (Phi) is 5.38. The summed E-state index contributed by atoms with van der Waals surface area (Å²) in [5.41, 5.74) is 1.53. The molecule has 1 aliphatic rings. The lowest BCUT2D eigenvalue weighted by Crippen LogP contribution is -2.38. The van der Waals surface area contributed by atoms with Crippen molar-refractivity contribution in [2.75, 3.05) is 33.3 Å². The molecule has 0 atom stereocenters. The predicted molar refractivity (Wildman–Crippen MR) is 94.6 cm³/mol. The van der Waals surface area contributed by atoms with E-state index in [-0.39, 0.29) is 11.8 Å². The van der Waals surface area contributed by atoms with Crippen molar-refractivity contribution in [1.82, 2.24) is 14.8 Å². The minimum absolute atomic E-state index is 0.0161. The van der Waals surface area contributed by atoms with Gasteiger partial charge in [-0.25, -0.2) is 0 Å². The first-order chi connectivity index (χ1) is 12.2. The van der Waals surface area contributed by atoms with Crippen molar-refractivity contribution in [3.63, 3.8) is 0 Å². The maximum absolute atomic E-state index is 12.7. The Balaban J connectivity index is 1.60. The van der Waals surface area contributed by atoms with Crippen LogP contribution in [0.15, 0.2) is 42.6 Å². The van der Waals surface area contributed by atoms with Gasteiger partial charge in [0, 0.05) is 43.6 Å². The van der Waals surface area contributed by atoms with E-state index in [0.717, 1.165) is 12.1 Å². The van der Waals surface area contributed by atoms with Crippen LogP contribution in [0.2, 0.25) is 0 Å². The van der Waals surface area contributed by atoms with Gasteiger partial charge in [-0.1, -0.05) is 6.07 Å². The Morgan fingerprint density at radius 3 is 2.64 bits per heavy atom. The lowest BCUT2D eigenvalue weighted by Gasteiger charge is -2.22. The fraction of sp³-hybridized carbons (Fsp3) is 0.368. The molecule has 2 heterocycles. The second kappa shape index (κ2) is 7.88. The number of amides is 2. The topological polar surface area (TPSA) is 65.6 Å². The minimum atomic E-state index is -0.0161. The molecule has 1 aromatic heterocycles. The average Bonchev–Trinajstić information content (AvgIpc) is 3.02. The largest absolute Gasteiger partial charge is 0.497 e. The number of hydrogen-bond donors (Lipinski definition) is 1. The molecular weight excluding hydrogens is 318 g/mol. The normalized spacial score (nSPS) is 14.9. The van der Waals surface area contributed by atoms with Gasteiger partial charge < -0.3 is 19.5 Å². The molecule has 0 saturated carbocycles. The van der Waals surface area contributed by atoms with Crippen LogP contribution < -0.4 is 4.74 Å². The fourth-order valence-electron chi connectivity index (χ4n) is 3.06. The van der Waals surface area contributed by atoms with E-state index in [2.05, 4.69) is 4.98 Å². The van der Waals surface area contributed by atoms with E-state index in [0.29, 0.717) is 43.9 Å².